The van der Waals surface area contributed by atoms with E-state index < -0.39 is 0 Å². The number of hydrogen-bond acceptors (Lipinski definition) is 2. The molecule has 0 amide bonds. The molecule has 3 nitrogen and oxygen atoms in total. The highest BCUT2D eigenvalue weighted by molar-refractivity contribution is 5.89. The summed E-state index contributed by atoms with van der Waals surface area (Å²) < 4.78 is 9.53. The van der Waals surface area contributed by atoms with E-state index in [2.05, 4.69) is 65.9 Å². The first-order chi connectivity index (χ1) is 16.7. The van der Waals surface area contributed by atoms with Crippen molar-refractivity contribution < 1.29 is 4.74 Å². The van der Waals surface area contributed by atoms with Crippen LogP contribution >= 0.6 is 0 Å². The number of fused-ring (bicyclic) bond motifs is 5. The number of anilines is 1. The van der Waals surface area contributed by atoms with Crippen LogP contribution < -0.4 is 24.8 Å². The fourth-order valence-corrected chi connectivity index (χ4v) is 6.95. The van der Waals surface area contributed by atoms with Crippen LogP contribution in [0.4, 0.5) is 5.69 Å². The van der Waals surface area contributed by atoms with Crippen molar-refractivity contribution in [2.75, 3.05) is 31.6 Å². The van der Waals surface area contributed by atoms with Crippen LogP contribution in [-0.4, -0.2) is 26.7 Å². The zero-order valence-electron chi connectivity index (χ0n) is 20.4. The molecule has 0 unspecified atom stereocenters. The van der Waals surface area contributed by atoms with Gasteiger partial charge in [0.25, 0.3) is 0 Å². The van der Waals surface area contributed by atoms with E-state index in [1.807, 2.05) is 0 Å². The molecule has 0 aromatic heterocycles. The van der Waals surface area contributed by atoms with Crippen LogP contribution in [0, 0.1) is 0 Å². The zero-order chi connectivity index (χ0) is 22.8. The normalized spacial score (nSPS) is 18.0. The van der Waals surface area contributed by atoms with Crippen molar-refractivity contribution in [2.24, 2.45) is 0 Å². The molecule has 0 bridgehead atoms. The van der Waals surface area contributed by atoms with E-state index >= 15 is 0 Å². The third-order valence-electron chi connectivity index (χ3n) is 8.39. The molecule has 4 aliphatic rings. The molecule has 172 valence electrons. The van der Waals surface area contributed by atoms with E-state index in [4.69, 9.17) is 4.74 Å². The molecule has 4 aliphatic heterocycles. The maximum atomic E-state index is 7.07. The first-order valence-corrected chi connectivity index (χ1v) is 13.2. The molecule has 0 radical (unpaired) electrons. The van der Waals surface area contributed by atoms with Crippen molar-refractivity contribution in [3.8, 4) is 11.5 Å². The monoisotopic (exact) mass is 449 g/mol. The largest absolute Gasteiger partial charge is 0.455 e. The van der Waals surface area contributed by atoms with Gasteiger partial charge in [-0.25, -0.2) is 4.58 Å². The molecule has 0 fully saturated rings. The van der Waals surface area contributed by atoms with Gasteiger partial charge in [0.2, 0.25) is 5.36 Å². The van der Waals surface area contributed by atoms with Gasteiger partial charge in [0.1, 0.15) is 25.1 Å². The van der Waals surface area contributed by atoms with E-state index in [0.717, 1.165) is 37.3 Å². The van der Waals surface area contributed by atoms with Crippen molar-refractivity contribution in [3.05, 3.63) is 86.4 Å². The Labute approximate surface area is 202 Å². The van der Waals surface area contributed by atoms with Crippen LogP contribution in [-0.2, 0) is 25.7 Å². The minimum absolute atomic E-state index is 1.04. The first-order valence-electron chi connectivity index (χ1n) is 13.2. The summed E-state index contributed by atoms with van der Waals surface area (Å²) in [5, 5.41) is 2.71. The quantitative estimate of drug-likeness (QED) is 0.423. The summed E-state index contributed by atoms with van der Waals surface area (Å²) in [7, 11) is 2.25. The van der Waals surface area contributed by atoms with Crippen molar-refractivity contribution in [3.63, 3.8) is 0 Å². The molecule has 0 saturated heterocycles. The molecular weight excluding hydrogens is 416 g/mol. The molecule has 0 saturated carbocycles. The smallest absolute Gasteiger partial charge is 0.209 e. The fourth-order valence-electron chi connectivity index (χ4n) is 6.95. The van der Waals surface area contributed by atoms with Crippen molar-refractivity contribution >= 4 is 11.3 Å². The SMILES string of the molecule is CCc1cc2c(c3c1=[N+](C)CCC3)Oc1c(cc3c4c1CCCN4CCC3)C=2c1ccccc1. The molecule has 3 heteroatoms. The Kier molecular flexibility index (Phi) is 4.62. The second-order valence-electron chi connectivity index (χ2n) is 10.4. The predicted octanol–water partition coefficient (Wildman–Crippen LogP) is 4.37. The highest BCUT2D eigenvalue weighted by atomic mass is 16.5. The van der Waals surface area contributed by atoms with Crippen molar-refractivity contribution in [1.29, 1.82) is 0 Å². The molecule has 4 heterocycles. The Morgan fingerprint density at radius 1 is 0.912 bits per heavy atom. The maximum absolute atomic E-state index is 7.07. The van der Waals surface area contributed by atoms with Gasteiger partial charge in [-0.15, -0.1) is 0 Å². The van der Waals surface area contributed by atoms with Crippen LogP contribution in [0.25, 0.3) is 5.57 Å². The standard InChI is InChI=1S/C31H33N2O/c1-3-20-18-25-27(21-10-5-4-6-11-21)26-19-22-12-7-16-33-17-9-14-24(29(22)33)31(26)34-30(25)23-13-8-15-32(2)28(20)23/h4-6,10-11,18-19H,3,7-9,12-17H2,1-2H3/q+1. The Morgan fingerprint density at radius 3 is 2.53 bits per heavy atom. The zero-order valence-corrected chi connectivity index (χ0v) is 20.4. The van der Waals surface area contributed by atoms with Gasteiger partial charge < -0.3 is 9.64 Å². The Bertz CT molecular complexity index is 1450. The summed E-state index contributed by atoms with van der Waals surface area (Å²) in [6.07, 6.45) is 8.09. The molecule has 34 heavy (non-hydrogen) atoms. The number of aryl methyl sites for hydroxylation is 2. The third kappa shape index (κ3) is 2.85. The number of ether oxygens (including phenoxy) is 1. The van der Waals surface area contributed by atoms with E-state index in [-0.39, 0.29) is 0 Å². The average molecular weight is 450 g/mol. The lowest BCUT2D eigenvalue weighted by atomic mass is 9.83. The van der Waals surface area contributed by atoms with Gasteiger partial charge in [-0.2, -0.15) is 0 Å². The highest BCUT2D eigenvalue weighted by Gasteiger charge is 2.34. The molecule has 0 atom stereocenters. The number of benzene rings is 3. The lowest BCUT2D eigenvalue weighted by Crippen LogP contribution is -2.40. The molecule has 7 rings (SSSR count). The second-order valence-corrected chi connectivity index (χ2v) is 10.4. The first kappa shape index (κ1) is 20.3. The predicted molar refractivity (Wildman–Crippen MR) is 139 cm³/mol. The third-order valence-corrected chi connectivity index (χ3v) is 8.39. The summed E-state index contributed by atoms with van der Waals surface area (Å²) >= 11 is 0. The summed E-state index contributed by atoms with van der Waals surface area (Å²) in [6.45, 7) is 5.78. The number of rotatable bonds is 2. The molecule has 3 aromatic carbocycles. The summed E-state index contributed by atoms with van der Waals surface area (Å²) in [5.41, 5.74) is 11.3. The van der Waals surface area contributed by atoms with E-state index in [0.29, 0.717) is 0 Å². The second kappa shape index (κ2) is 7.73. The fraction of sp³-hybridized carbons (Fsp3) is 0.387. The summed E-state index contributed by atoms with van der Waals surface area (Å²) in [5.74, 6) is 2.26. The van der Waals surface area contributed by atoms with Gasteiger partial charge in [0.05, 0.1) is 5.56 Å². The molecule has 3 aromatic rings. The van der Waals surface area contributed by atoms with Crippen LogP contribution in [0.15, 0.2) is 42.5 Å². The van der Waals surface area contributed by atoms with Crippen LogP contribution in [0.3, 0.4) is 0 Å². The topological polar surface area (TPSA) is 15.5 Å². The lowest BCUT2D eigenvalue weighted by Gasteiger charge is -2.39. The minimum Gasteiger partial charge on any atom is -0.455 e. The van der Waals surface area contributed by atoms with Crippen LogP contribution in [0.1, 0.15) is 59.6 Å². The van der Waals surface area contributed by atoms with Crippen LogP contribution in [0.5, 0.6) is 11.5 Å². The molecular formula is C31H33N2O+. The Balaban J connectivity index is 1.64. The summed E-state index contributed by atoms with van der Waals surface area (Å²) in [6, 6.07) is 16.0. The maximum Gasteiger partial charge on any atom is 0.209 e. The Hall–Kier alpha value is -3.07. The van der Waals surface area contributed by atoms with Crippen molar-refractivity contribution in [1.82, 2.24) is 4.58 Å². The molecule has 0 spiro atoms. The lowest BCUT2D eigenvalue weighted by molar-refractivity contribution is 0.445. The number of hydrogen-bond donors (Lipinski definition) is 0. The van der Waals surface area contributed by atoms with Gasteiger partial charge in [-0.3, -0.25) is 0 Å². The van der Waals surface area contributed by atoms with Gasteiger partial charge in [0, 0.05) is 52.7 Å². The van der Waals surface area contributed by atoms with Gasteiger partial charge in [-0.1, -0.05) is 37.3 Å². The van der Waals surface area contributed by atoms with Crippen LogP contribution in [0.2, 0.25) is 0 Å². The van der Waals surface area contributed by atoms with Gasteiger partial charge in [-0.05, 0) is 61.8 Å². The van der Waals surface area contributed by atoms with E-state index in [1.54, 1.807) is 0 Å². The van der Waals surface area contributed by atoms with Gasteiger partial charge in [0.15, 0.2) is 0 Å². The number of nitrogens with zero attached hydrogens (tertiary/aromatic N) is 2. The van der Waals surface area contributed by atoms with Crippen molar-refractivity contribution in [2.45, 2.75) is 51.9 Å². The average Bonchev–Trinajstić information content (AvgIpc) is 2.88. The van der Waals surface area contributed by atoms with E-state index in [1.165, 1.54) is 94.0 Å². The summed E-state index contributed by atoms with van der Waals surface area (Å²) in [4.78, 5) is 2.63. The van der Waals surface area contributed by atoms with Gasteiger partial charge >= 0.3 is 0 Å². The highest BCUT2D eigenvalue weighted by Crippen LogP contribution is 2.48. The molecule has 0 aliphatic carbocycles. The molecule has 0 N–H and O–H groups in total. The van der Waals surface area contributed by atoms with E-state index in [9.17, 15) is 0 Å². The minimum atomic E-state index is 1.04. The Morgan fingerprint density at radius 2 is 1.71 bits per heavy atom.